The molecule has 0 fully saturated rings. The topological polar surface area (TPSA) is 54.2 Å². The third kappa shape index (κ3) is 4.06. The normalized spacial score (nSPS) is 16.1. The smallest absolute Gasteiger partial charge is 0.258 e. The molecule has 1 aromatic heterocycles. The standard InChI is InChI=1S/C25H17F3N4OS/c1-14-21(24-30-23(31-33-24)16-5-3-2-4-6-16)22(15-7-9-17(26)10-8-15)29-25(34)32(14)20-12-18(27)11-19(28)13-20/h2-13,22H,1H3,(H,29,34). The molecule has 1 atom stereocenters. The Morgan fingerprint density at radius 3 is 2.26 bits per heavy atom. The maximum Gasteiger partial charge on any atom is 0.258 e. The van der Waals surface area contributed by atoms with Gasteiger partial charge >= 0.3 is 0 Å². The Bertz CT molecular complexity index is 1380. The molecule has 1 aliphatic heterocycles. The first kappa shape index (κ1) is 21.8. The molecule has 5 nitrogen and oxygen atoms in total. The fourth-order valence-corrected chi connectivity index (χ4v) is 4.30. The van der Waals surface area contributed by atoms with Gasteiger partial charge in [-0.05, 0) is 49.0 Å². The number of thiocarbonyl (C=S) groups is 1. The zero-order chi connectivity index (χ0) is 23.8. The van der Waals surface area contributed by atoms with Gasteiger partial charge in [0.05, 0.1) is 17.3 Å². The minimum absolute atomic E-state index is 0.197. The van der Waals surface area contributed by atoms with Gasteiger partial charge in [0.15, 0.2) is 5.11 Å². The van der Waals surface area contributed by atoms with Gasteiger partial charge in [0.1, 0.15) is 17.5 Å². The maximum atomic E-state index is 14.0. The van der Waals surface area contributed by atoms with Crippen molar-refractivity contribution >= 4 is 28.6 Å². The van der Waals surface area contributed by atoms with Gasteiger partial charge in [-0.1, -0.05) is 47.6 Å². The predicted molar refractivity (Wildman–Crippen MR) is 126 cm³/mol. The van der Waals surface area contributed by atoms with Crippen LogP contribution in [0.1, 0.15) is 24.4 Å². The van der Waals surface area contributed by atoms with Gasteiger partial charge in [-0.2, -0.15) is 4.98 Å². The molecule has 5 rings (SSSR count). The van der Waals surface area contributed by atoms with Crippen molar-refractivity contribution < 1.29 is 17.7 Å². The van der Waals surface area contributed by atoms with E-state index in [2.05, 4.69) is 15.5 Å². The average Bonchev–Trinajstić information content (AvgIpc) is 3.29. The molecule has 2 heterocycles. The summed E-state index contributed by atoms with van der Waals surface area (Å²) in [6, 6.07) is 17.8. The van der Waals surface area contributed by atoms with Crippen LogP contribution >= 0.6 is 12.2 Å². The first-order chi connectivity index (χ1) is 16.4. The lowest BCUT2D eigenvalue weighted by molar-refractivity contribution is 0.404. The Balaban J connectivity index is 1.67. The lowest BCUT2D eigenvalue weighted by atomic mass is 9.94. The van der Waals surface area contributed by atoms with Crippen molar-refractivity contribution in [3.63, 3.8) is 0 Å². The van der Waals surface area contributed by atoms with E-state index in [0.717, 1.165) is 11.6 Å². The summed E-state index contributed by atoms with van der Waals surface area (Å²) in [5, 5.41) is 7.49. The number of anilines is 1. The summed E-state index contributed by atoms with van der Waals surface area (Å²) in [6.07, 6.45) is 0. The molecule has 0 aliphatic carbocycles. The van der Waals surface area contributed by atoms with Crippen molar-refractivity contribution in [2.24, 2.45) is 0 Å². The second-order valence-electron chi connectivity index (χ2n) is 7.69. The van der Waals surface area contributed by atoms with E-state index in [1.807, 2.05) is 30.3 Å². The lowest BCUT2D eigenvalue weighted by Crippen LogP contribution is -2.46. The zero-order valence-electron chi connectivity index (χ0n) is 17.8. The number of allylic oxidation sites excluding steroid dienone is 1. The third-order valence-corrected chi connectivity index (χ3v) is 5.78. The highest BCUT2D eigenvalue weighted by molar-refractivity contribution is 7.80. The van der Waals surface area contributed by atoms with Gasteiger partial charge in [-0.15, -0.1) is 0 Å². The largest absolute Gasteiger partial charge is 0.351 e. The molecule has 1 unspecified atom stereocenters. The van der Waals surface area contributed by atoms with E-state index in [9.17, 15) is 13.2 Å². The maximum absolute atomic E-state index is 14.0. The molecule has 0 saturated carbocycles. The first-order valence-corrected chi connectivity index (χ1v) is 10.7. The minimum Gasteiger partial charge on any atom is -0.351 e. The van der Waals surface area contributed by atoms with E-state index < -0.39 is 17.7 Å². The Morgan fingerprint density at radius 1 is 0.912 bits per heavy atom. The molecule has 0 radical (unpaired) electrons. The Kier molecular flexibility index (Phi) is 5.62. The van der Waals surface area contributed by atoms with Crippen LogP contribution in [0.4, 0.5) is 18.9 Å². The number of nitrogens with zero attached hydrogens (tertiary/aromatic N) is 3. The van der Waals surface area contributed by atoms with Gasteiger partial charge in [-0.25, -0.2) is 13.2 Å². The molecule has 0 bridgehead atoms. The van der Waals surface area contributed by atoms with Crippen molar-refractivity contribution in [1.82, 2.24) is 15.5 Å². The highest BCUT2D eigenvalue weighted by atomic mass is 32.1. The van der Waals surface area contributed by atoms with Crippen molar-refractivity contribution in [2.75, 3.05) is 4.90 Å². The Hall–Kier alpha value is -3.98. The van der Waals surface area contributed by atoms with Gasteiger partial charge in [0.25, 0.3) is 5.89 Å². The summed E-state index contributed by atoms with van der Waals surface area (Å²) in [4.78, 5) is 6.07. The summed E-state index contributed by atoms with van der Waals surface area (Å²) >= 11 is 5.56. The van der Waals surface area contributed by atoms with Crippen LogP contribution in [0.5, 0.6) is 0 Å². The molecular formula is C25H17F3N4OS. The van der Waals surface area contributed by atoms with E-state index in [1.165, 1.54) is 29.2 Å². The molecule has 0 saturated heterocycles. The van der Waals surface area contributed by atoms with Crippen molar-refractivity contribution in [3.05, 3.63) is 107 Å². The molecule has 9 heteroatoms. The second kappa shape index (κ2) is 8.75. The van der Waals surface area contributed by atoms with Crippen LogP contribution in [0.3, 0.4) is 0 Å². The number of rotatable bonds is 4. The molecule has 34 heavy (non-hydrogen) atoms. The van der Waals surface area contributed by atoms with Crippen LogP contribution in [0.15, 0.2) is 83.0 Å². The quantitative estimate of drug-likeness (QED) is 0.362. The molecular weight excluding hydrogens is 461 g/mol. The fourth-order valence-electron chi connectivity index (χ4n) is 3.94. The monoisotopic (exact) mass is 478 g/mol. The predicted octanol–water partition coefficient (Wildman–Crippen LogP) is 6.02. The van der Waals surface area contributed by atoms with Crippen LogP contribution in [-0.4, -0.2) is 15.3 Å². The van der Waals surface area contributed by atoms with Gasteiger partial charge in [0.2, 0.25) is 5.82 Å². The number of aromatic nitrogens is 2. The summed E-state index contributed by atoms with van der Waals surface area (Å²) < 4.78 is 47.2. The Labute approximate surface area is 198 Å². The molecule has 1 aliphatic rings. The SMILES string of the molecule is CC1=C(c2nc(-c3ccccc3)no2)C(c2ccc(F)cc2)NC(=S)N1c1cc(F)cc(F)c1. The van der Waals surface area contributed by atoms with E-state index in [0.29, 0.717) is 22.7 Å². The molecule has 3 aromatic carbocycles. The number of hydrogen-bond donors (Lipinski definition) is 1. The summed E-state index contributed by atoms with van der Waals surface area (Å²) in [5.41, 5.74) is 2.73. The number of hydrogen-bond acceptors (Lipinski definition) is 4. The van der Waals surface area contributed by atoms with Crippen LogP contribution in [0.2, 0.25) is 0 Å². The molecule has 4 aromatic rings. The summed E-state index contributed by atoms with van der Waals surface area (Å²) in [5.74, 6) is -1.29. The van der Waals surface area contributed by atoms with Crippen LogP contribution in [0, 0.1) is 17.5 Å². The van der Waals surface area contributed by atoms with E-state index in [1.54, 1.807) is 19.1 Å². The van der Waals surface area contributed by atoms with Gasteiger partial charge in [0, 0.05) is 17.3 Å². The van der Waals surface area contributed by atoms with Crippen LogP contribution in [-0.2, 0) is 0 Å². The molecule has 1 N–H and O–H groups in total. The van der Waals surface area contributed by atoms with E-state index in [-0.39, 0.29) is 22.5 Å². The molecule has 0 spiro atoms. The van der Waals surface area contributed by atoms with Crippen molar-refractivity contribution in [3.8, 4) is 11.4 Å². The van der Waals surface area contributed by atoms with Crippen LogP contribution < -0.4 is 10.2 Å². The first-order valence-electron chi connectivity index (χ1n) is 10.3. The van der Waals surface area contributed by atoms with Crippen LogP contribution in [0.25, 0.3) is 17.0 Å². The highest BCUT2D eigenvalue weighted by Crippen LogP contribution is 2.39. The molecule has 170 valence electrons. The number of halogens is 3. The minimum atomic E-state index is -0.739. The van der Waals surface area contributed by atoms with E-state index in [4.69, 9.17) is 16.7 Å². The fraction of sp³-hybridized carbons (Fsp3) is 0.0800. The Morgan fingerprint density at radius 2 is 1.59 bits per heavy atom. The average molecular weight is 478 g/mol. The van der Waals surface area contributed by atoms with E-state index >= 15 is 0 Å². The summed E-state index contributed by atoms with van der Waals surface area (Å²) in [6.45, 7) is 1.74. The van der Waals surface area contributed by atoms with Gasteiger partial charge < -0.3 is 9.84 Å². The zero-order valence-corrected chi connectivity index (χ0v) is 18.6. The second-order valence-corrected chi connectivity index (χ2v) is 8.07. The summed E-state index contributed by atoms with van der Waals surface area (Å²) in [7, 11) is 0. The molecule has 0 amide bonds. The highest BCUT2D eigenvalue weighted by Gasteiger charge is 2.35. The lowest BCUT2D eigenvalue weighted by Gasteiger charge is -2.37. The van der Waals surface area contributed by atoms with Gasteiger partial charge in [-0.3, -0.25) is 4.90 Å². The number of benzene rings is 3. The number of nitrogens with one attached hydrogen (secondary N) is 1. The van der Waals surface area contributed by atoms with Crippen molar-refractivity contribution in [1.29, 1.82) is 0 Å². The van der Waals surface area contributed by atoms with Crippen molar-refractivity contribution in [2.45, 2.75) is 13.0 Å². The third-order valence-electron chi connectivity index (χ3n) is 5.48.